The van der Waals surface area contributed by atoms with Crippen molar-refractivity contribution in [1.82, 2.24) is 14.8 Å². The van der Waals surface area contributed by atoms with E-state index in [0.29, 0.717) is 11.4 Å². The maximum Gasteiger partial charge on any atom is 0.416 e. The van der Waals surface area contributed by atoms with Gasteiger partial charge in [-0.3, -0.25) is 19.3 Å². The zero-order chi connectivity index (χ0) is 23.9. The summed E-state index contributed by atoms with van der Waals surface area (Å²) in [6.07, 6.45) is -1.42. The van der Waals surface area contributed by atoms with Crippen LogP contribution in [-0.2, 0) is 12.6 Å². The van der Waals surface area contributed by atoms with Crippen LogP contribution in [0.3, 0.4) is 0 Å². The lowest BCUT2D eigenvalue weighted by atomic mass is 10.0. The van der Waals surface area contributed by atoms with Gasteiger partial charge in [-0.05, 0) is 56.2 Å². The van der Waals surface area contributed by atoms with Crippen LogP contribution in [-0.4, -0.2) is 33.1 Å². The minimum Gasteiger partial charge on any atom is -0.322 e. The number of benzene rings is 1. The Balaban J connectivity index is 1.69. The average molecular weight is 457 g/mol. The number of hydrogen-bond donors (Lipinski definition) is 1. The van der Waals surface area contributed by atoms with Crippen LogP contribution in [0.25, 0.3) is 0 Å². The molecule has 10 heteroatoms. The highest BCUT2D eigenvalue weighted by Gasteiger charge is 2.37. The molecule has 7 nitrogen and oxygen atoms in total. The highest BCUT2D eigenvalue weighted by Crippen LogP contribution is 2.36. The van der Waals surface area contributed by atoms with Crippen LogP contribution in [0.5, 0.6) is 0 Å². The SMILES string of the molecule is CCc1cc(N2C[C@H](C)n3ncc(C(=O)Nc4ccnc(C)c4)c3C2=O)ccc1C(F)(F)F. The third-order valence-corrected chi connectivity index (χ3v) is 5.59. The summed E-state index contributed by atoms with van der Waals surface area (Å²) in [5.74, 6) is -1.01. The summed E-state index contributed by atoms with van der Waals surface area (Å²) in [4.78, 5) is 31.8. The topological polar surface area (TPSA) is 80.1 Å². The second-order valence-electron chi connectivity index (χ2n) is 7.95. The fourth-order valence-electron chi connectivity index (χ4n) is 3.99. The zero-order valence-corrected chi connectivity index (χ0v) is 18.3. The molecule has 1 atom stereocenters. The molecule has 0 saturated carbocycles. The van der Waals surface area contributed by atoms with Crippen LogP contribution in [0.1, 0.15) is 57.6 Å². The van der Waals surface area contributed by atoms with Crippen LogP contribution < -0.4 is 10.2 Å². The first-order chi connectivity index (χ1) is 15.6. The molecule has 2 aromatic heterocycles. The molecule has 33 heavy (non-hydrogen) atoms. The molecule has 0 radical (unpaired) electrons. The molecule has 1 N–H and O–H groups in total. The molecular weight excluding hydrogens is 435 g/mol. The normalized spacial score (nSPS) is 16.0. The van der Waals surface area contributed by atoms with Gasteiger partial charge in [-0.2, -0.15) is 18.3 Å². The van der Waals surface area contributed by atoms with Crippen molar-refractivity contribution >= 4 is 23.2 Å². The smallest absolute Gasteiger partial charge is 0.322 e. The van der Waals surface area contributed by atoms with E-state index in [0.717, 1.165) is 11.8 Å². The van der Waals surface area contributed by atoms with Crippen LogP contribution >= 0.6 is 0 Å². The number of pyridine rings is 1. The Morgan fingerprint density at radius 1 is 1.24 bits per heavy atom. The lowest BCUT2D eigenvalue weighted by Gasteiger charge is -2.32. The van der Waals surface area contributed by atoms with E-state index in [1.807, 2.05) is 6.92 Å². The van der Waals surface area contributed by atoms with Gasteiger partial charge in [0.25, 0.3) is 11.8 Å². The summed E-state index contributed by atoms with van der Waals surface area (Å²) in [6, 6.07) is 6.72. The predicted octanol–water partition coefficient (Wildman–Crippen LogP) is 4.64. The molecule has 172 valence electrons. The van der Waals surface area contributed by atoms with Gasteiger partial charge in [0.2, 0.25) is 0 Å². The monoisotopic (exact) mass is 457 g/mol. The lowest BCUT2D eigenvalue weighted by molar-refractivity contribution is -0.138. The number of anilines is 2. The number of aromatic nitrogens is 3. The Morgan fingerprint density at radius 3 is 2.67 bits per heavy atom. The van der Waals surface area contributed by atoms with E-state index in [9.17, 15) is 22.8 Å². The number of carbonyl (C=O) groups excluding carboxylic acids is 2. The number of nitrogens with zero attached hydrogens (tertiary/aromatic N) is 4. The highest BCUT2D eigenvalue weighted by atomic mass is 19.4. The number of carbonyl (C=O) groups is 2. The summed E-state index contributed by atoms with van der Waals surface area (Å²) < 4.78 is 41.4. The van der Waals surface area contributed by atoms with Crippen molar-refractivity contribution < 1.29 is 22.8 Å². The fourth-order valence-corrected chi connectivity index (χ4v) is 3.99. The first-order valence-corrected chi connectivity index (χ1v) is 10.4. The third kappa shape index (κ3) is 4.20. The minimum absolute atomic E-state index is 0.0913. The molecule has 1 aliphatic rings. The average Bonchev–Trinajstić information content (AvgIpc) is 3.21. The standard InChI is InChI=1S/C23H22F3N5O2/c1-4-15-10-17(5-6-19(15)23(24,25)26)30-12-14(3)31-20(22(30)33)18(11-28-31)21(32)29-16-7-8-27-13(2)9-16/h5-11,14H,4,12H2,1-3H3,(H,27,29,32)/t14-/m0/s1. The quantitative estimate of drug-likeness (QED) is 0.619. The summed E-state index contributed by atoms with van der Waals surface area (Å²) in [5, 5.41) is 6.96. The van der Waals surface area contributed by atoms with Gasteiger partial charge in [0.1, 0.15) is 5.69 Å². The number of alkyl halides is 3. The van der Waals surface area contributed by atoms with Gasteiger partial charge in [-0.1, -0.05) is 6.92 Å². The van der Waals surface area contributed by atoms with Crippen molar-refractivity contribution in [2.45, 2.75) is 39.4 Å². The van der Waals surface area contributed by atoms with Gasteiger partial charge in [0.15, 0.2) is 0 Å². The van der Waals surface area contributed by atoms with Crippen LogP contribution in [0, 0.1) is 6.92 Å². The van der Waals surface area contributed by atoms with E-state index in [1.165, 1.54) is 27.9 Å². The van der Waals surface area contributed by atoms with Gasteiger partial charge in [-0.25, -0.2) is 0 Å². The van der Waals surface area contributed by atoms with E-state index in [1.54, 1.807) is 32.2 Å². The van der Waals surface area contributed by atoms with E-state index < -0.39 is 23.6 Å². The van der Waals surface area contributed by atoms with E-state index in [2.05, 4.69) is 15.4 Å². The van der Waals surface area contributed by atoms with E-state index in [-0.39, 0.29) is 35.8 Å². The van der Waals surface area contributed by atoms with E-state index in [4.69, 9.17) is 0 Å². The van der Waals surface area contributed by atoms with Crippen LogP contribution in [0.2, 0.25) is 0 Å². The van der Waals surface area contributed by atoms with Crippen molar-refractivity contribution in [2.75, 3.05) is 16.8 Å². The first kappa shape index (κ1) is 22.5. The summed E-state index contributed by atoms with van der Waals surface area (Å²) in [7, 11) is 0. The molecule has 0 bridgehead atoms. The first-order valence-electron chi connectivity index (χ1n) is 10.4. The number of aryl methyl sites for hydroxylation is 2. The van der Waals surface area contributed by atoms with Gasteiger partial charge in [0.05, 0.1) is 23.4 Å². The molecule has 0 fully saturated rings. The Bertz CT molecular complexity index is 1240. The molecule has 3 aromatic rings. The van der Waals surface area contributed by atoms with Gasteiger partial charge >= 0.3 is 6.18 Å². The zero-order valence-electron chi connectivity index (χ0n) is 18.3. The van der Waals surface area contributed by atoms with E-state index >= 15 is 0 Å². The maximum absolute atomic E-state index is 13.4. The van der Waals surface area contributed by atoms with Gasteiger partial charge in [0, 0.05) is 29.8 Å². The van der Waals surface area contributed by atoms with Crippen molar-refractivity contribution in [1.29, 1.82) is 0 Å². The van der Waals surface area contributed by atoms with Crippen molar-refractivity contribution in [3.05, 3.63) is 70.8 Å². The van der Waals surface area contributed by atoms with Crippen molar-refractivity contribution in [2.24, 2.45) is 0 Å². The van der Waals surface area contributed by atoms with Crippen molar-refractivity contribution in [3.8, 4) is 0 Å². The Hall–Kier alpha value is -3.69. The Morgan fingerprint density at radius 2 is 2.00 bits per heavy atom. The molecule has 0 spiro atoms. The second kappa shape index (κ2) is 8.34. The number of fused-ring (bicyclic) bond motifs is 1. The summed E-state index contributed by atoms with van der Waals surface area (Å²) in [5.41, 5.74) is 1.16. The predicted molar refractivity (Wildman–Crippen MR) is 116 cm³/mol. The minimum atomic E-state index is -4.47. The number of halogens is 3. The van der Waals surface area contributed by atoms with Gasteiger partial charge in [-0.15, -0.1) is 0 Å². The molecule has 0 saturated heterocycles. The highest BCUT2D eigenvalue weighted by molar-refractivity contribution is 6.15. The maximum atomic E-state index is 13.4. The second-order valence-corrected chi connectivity index (χ2v) is 7.95. The number of amides is 2. The fraction of sp³-hybridized carbons (Fsp3) is 0.304. The molecule has 0 unspecified atom stereocenters. The number of rotatable bonds is 4. The number of nitrogens with one attached hydrogen (secondary N) is 1. The molecule has 4 rings (SSSR count). The third-order valence-electron chi connectivity index (χ3n) is 5.59. The van der Waals surface area contributed by atoms with Gasteiger partial charge < -0.3 is 10.2 Å². The molecule has 3 heterocycles. The number of hydrogen-bond acceptors (Lipinski definition) is 4. The molecule has 1 aliphatic heterocycles. The lowest BCUT2D eigenvalue weighted by Crippen LogP contribution is -2.43. The Labute approximate surface area is 188 Å². The van der Waals surface area contributed by atoms with Crippen molar-refractivity contribution in [3.63, 3.8) is 0 Å². The molecule has 0 aliphatic carbocycles. The van der Waals surface area contributed by atoms with Crippen LogP contribution in [0.4, 0.5) is 24.5 Å². The summed E-state index contributed by atoms with van der Waals surface area (Å²) >= 11 is 0. The molecule has 2 amide bonds. The molecular formula is C23H22F3N5O2. The summed E-state index contributed by atoms with van der Waals surface area (Å²) in [6.45, 7) is 5.46. The molecule has 1 aromatic carbocycles. The largest absolute Gasteiger partial charge is 0.416 e. The Kier molecular flexibility index (Phi) is 5.69. The van der Waals surface area contributed by atoms with Crippen LogP contribution in [0.15, 0.2) is 42.7 Å².